The van der Waals surface area contributed by atoms with E-state index in [0.29, 0.717) is 11.3 Å². The van der Waals surface area contributed by atoms with Gasteiger partial charge >= 0.3 is 5.97 Å². The van der Waals surface area contributed by atoms with Crippen molar-refractivity contribution in [3.8, 4) is 11.1 Å². The average Bonchev–Trinajstić information content (AvgIpc) is 2.46. The van der Waals surface area contributed by atoms with Crippen LogP contribution in [0.4, 0.5) is 10.1 Å². The maximum absolute atomic E-state index is 13.6. The molecule has 0 aliphatic rings. The van der Waals surface area contributed by atoms with Gasteiger partial charge in [0.05, 0.1) is 12.7 Å². The second-order valence-corrected chi connectivity index (χ2v) is 4.70. The van der Waals surface area contributed by atoms with Crippen LogP contribution in [0.25, 0.3) is 11.1 Å². The average molecular weight is 304 g/mol. The van der Waals surface area contributed by atoms with Crippen LogP contribution in [-0.4, -0.2) is 18.2 Å². The normalized spacial score (nSPS) is 10.0. The lowest BCUT2D eigenvalue weighted by Gasteiger charge is -2.08. The molecule has 108 valence electrons. The van der Waals surface area contributed by atoms with E-state index in [0.717, 1.165) is 5.56 Å². The molecule has 0 saturated carbocycles. The SMILES string of the molecule is COC(=O)c1cc(-c2cccc(NC(N)=S)c2)ccc1F. The van der Waals surface area contributed by atoms with Crippen molar-refractivity contribution < 1.29 is 13.9 Å². The topological polar surface area (TPSA) is 64.3 Å². The number of benzene rings is 2. The number of esters is 1. The number of carbonyl (C=O) groups is 1. The number of halogens is 1. The molecule has 0 aliphatic carbocycles. The molecule has 0 aromatic heterocycles. The lowest BCUT2D eigenvalue weighted by molar-refractivity contribution is 0.0595. The molecular formula is C15H13FN2O2S. The van der Waals surface area contributed by atoms with E-state index in [2.05, 4.69) is 10.1 Å². The largest absolute Gasteiger partial charge is 0.465 e. The summed E-state index contributed by atoms with van der Waals surface area (Å²) in [4.78, 5) is 11.5. The third kappa shape index (κ3) is 3.55. The fraction of sp³-hybridized carbons (Fsp3) is 0.0667. The maximum atomic E-state index is 13.6. The van der Waals surface area contributed by atoms with Gasteiger partial charge in [-0.3, -0.25) is 0 Å². The Hall–Kier alpha value is -2.47. The van der Waals surface area contributed by atoms with Gasteiger partial charge in [0.25, 0.3) is 0 Å². The molecule has 2 aromatic carbocycles. The monoisotopic (exact) mass is 304 g/mol. The number of rotatable bonds is 3. The molecule has 0 radical (unpaired) electrons. The highest BCUT2D eigenvalue weighted by atomic mass is 32.1. The zero-order valence-corrected chi connectivity index (χ0v) is 12.0. The van der Waals surface area contributed by atoms with Crippen LogP contribution in [0, 0.1) is 5.82 Å². The second kappa shape index (κ2) is 6.32. The van der Waals surface area contributed by atoms with Crippen LogP contribution in [0.3, 0.4) is 0 Å². The highest BCUT2D eigenvalue weighted by molar-refractivity contribution is 7.80. The molecule has 4 nitrogen and oxygen atoms in total. The Labute approximate surface area is 126 Å². The number of nitrogens with two attached hydrogens (primary N) is 1. The molecule has 0 spiro atoms. The van der Waals surface area contributed by atoms with Crippen LogP contribution in [0.2, 0.25) is 0 Å². The molecule has 0 bridgehead atoms. The minimum atomic E-state index is -0.716. The van der Waals surface area contributed by atoms with E-state index in [1.807, 2.05) is 6.07 Å². The molecule has 6 heteroatoms. The van der Waals surface area contributed by atoms with E-state index in [1.165, 1.54) is 19.2 Å². The van der Waals surface area contributed by atoms with Gasteiger partial charge in [-0.2, -0.15) is 0 Å². The molecule has 0 saturated heterocycles. The number of methoxy groups -OCH3 is 1. The van der Waals surface area contributed by atoms with Crippen molar-refractivity contribution in [2.75, 3.05) is 12.4 Å². The smallest absolute Gasteiger partial charge is 0.340 e. The molecular weight excluding hydrogens is 291 g/mol. The molecule has 0 unspecified atom stereocenters. The van der Waals surface area contributed by atoms with Gasteiger partial charge in [-0.15, -0.1) is 0 Å². The molecule has 0 amide bonds. The first kappa shape index (κ1) is 14.9. The number of hydrogen-bond acceptors (Lipinski definition) is 3. The first-order valence-corrected chi connectivity index (χ1v) is 6.47. The van der Waals surface area contributed by atoms with Gasteiger partial charge in [-0.1, -0.05) is 18.2 Å². The molecule has 0 fully saturated rings. The number of anilines is 1. The summed E-state index contributed by atoms with van der Waals surface area (Å²) in [5.41, 5.74) is 7.50. The van der Waals surface area contributed by atoms with Crippen LogP contribution in [0.5, 0.6) is 0 Å². The van der Waals surface area contributed by atoms with Gasteiger partial charge in [-0.25, -0.2) is 9.18 Å². The van der Waals surface area contributed by atoms with Crippen molar-refractivity contribution >= 4 is 29.0 Å². The van der Waals surface area contributed by atoms with Crippen LogP contribution < -0.4 is 11.1 Å². The van der Waals surface area contributed by atoms with E-state index in [4.69, 9.17) is 18.0 Å². The Morgan fingerprint density at radius 2 is 1.95 bits per heavy atom. The zero-order valence-electron chi connectivity index (χ0n) is 11.2. The highest BCUT2D eigenvalue weighted by Crippen LogP contribution is 2.25. The third-order valence-corrected chi connectivity index (χ3v) is 2.94. The summed E-state index contributed by atoms with van der Waals surface area (Å²) in [6, 6.07) is 11.5. The molecule has 21 heavy (non-hydrogen) atoms. The molecule has 2 aromatic rings. The van der Waals surface area contributed by atoms with E-state index in [-0.39, 0.29) is 10.7 Å². The summed E-state index contributed by atoms with van der Waals surface area (Å²) in [7, 11) is 1.21. The molecule has 0 heterocycles. The molecule has 0 aliphatic heterocycles. The number of carbonyl (C=O) groups excluding carboxylic acids is 1. The number of nitrogens with one attached hydrogen (secondary N) is 1. The predicted molar refractivity (Wildman–Crippen MR) is 83.6 cm³/mol. The third-order valence-electron chi connectivity index (χ3n) is 2.84. The van der Waals surface area contributed by atoms with Gasteiger partial charge < -0.3 is 15.8 Å². The fourth-order valence-corrected chi connectivity index (χ4v) is 2.01. The quantitative estimate of drug-likeness (QED) is 0.674. The lowest BCUT2D eigenvalue weighted by Crippen LogP contribution is -2.18. The van der Waals surface area contributed by atoms with Crippen molar-refractivity contribution in [2.24, 2.45) is 5.73 Å². The summed E-state index contributed by atoms with van der Waals surface area (Å²) in [5.74, 6) is -1.34. The lowest BCUT2D eigenvalue weighted by atomic mass is 10.0. The van der Waals surface area contributed by atoms with Crippen LogP contribution >= 0.6 is 12.2 Å². The second-order valence-electron chi connectivity index (χ2n) is 4.26. The Morgan fingerprint density at radius 3 is 2.62 bits per heavy atom. The van der Waals surface area contributed by atoms with E-state index < -0.39 is 11.8 Å². The standard InChI is InChI=1S/C15H13FN2O2S/c1-20-14(19)12-8-10(5-6-13(12)16)9-3-2-4-11(7-9)18-15(17)21/h2-8H,1H3,(H3,17,18,21). The van der Waals surface area contributed by atoms with Crippen molar-refractivity contribution in [3.05, 3.63) is 53.8 Å². The zero-order chi connectivity index (χ0) is 15.4. The number of thiocarbonyl (C=S) groups is 1. The molecule has 0 atom stereocenters. The van der Waals surface area contributed by atoms with Crippen LogP contribution in [0.1, 0.15) is 10.4 Å². The van der Waals surface area contributed by atoms with Crippen molar-refractivity contribution in [1.82, 2.24) is 0 Å². The summed E-state index contributed by atoms with van der Waals surface area (Å²) in [6.45, 7) is 0. The Balaban J connectivity index is 2.42. The van der Waals surface area contributed by atoms with Crippen molar-refractivity contribution in [2.45, 2.75) is 0 Å². The minimum absolute atomic E-state index is 0.109. The van der Waals surface area contributed by atoms with Gasteiger partial charge in [-0.05, 0) is 47.6 Å². The Kier molecular flexibility index (Phi) is 4.49. The van der Waals surface area contributed by atoms with E-state index in [1.54, 1.807) is 24.3 Å². The summed E-state index contributed by atoms with van der Waals surface area (Å²) in [5, 5.41) is 2.97. The maximum Gasteiger partial charge on any atom is 0.340 e. The minimum Gasteiger partial charge on any atom is -0.465 e. The van der Waals surface area contributed by atoms with Gasteiger partial charge in [0.1, 0.15) is 5.82 Å². The Morgan fingerprint density at radius 1 is 1.24 bits per heavy atom. The molecule has 2 rings (SSSR count). The first-order chi connectivity index (χ1) is 10.0. The summed E-state index contributed by atoms with van der Waals surface area (Å²) < 4.78 is 18.2. The molecule has 3 N–H and O–H groups in total. The van der Waals surface area contributed by atoms with Crippen molar-refractivity contribution in [1.29, 1.82) is 0 Å². The number of hydrogen-bond donors (Lipinski definition) is 2. The Bertz CT molecular complexity index is 704. The van der Waals surface area contributed by atoms with E-state index >= 15 is 0 Å². The van der Waals surface area contributed by atoms with Gasteiger partial charge in [0.15, 0.2) is 5.11 Å². The number of ether oxygens (including phenoxy) is 1. The van der Waals surface area contributed by atoms with Crippen LogP contribution in [-0.2, 0) is 4.74 Å². The predicted octanol–water partition coefficient (Wildman–Crippen LogP) is 2.93. The van der Waals surface area contributed by atoms with Crippen molar-refractivity contribution in [3.63, 3.8) is 0 Å². The summed E-state index contributed by atoms with van der Waals surface area (Å²) in [6.07, 6.45) is 0. The summed E-state index contributed by atoms with van der Waals surface area (Å²) >= 11 is 4.78. The van der Waals surface area contributed by atoms with Gasteiger partial charge in [0, 0.05) is 5.69 Å². The highest BCUT2D eigenvalue weighted by Gasteiger charge is 2.13. The fourth-order valence-electron chi connectivity index (χ4n) is 1.89. The van der Waals surface area contributed by atoms with E-state index in [9.17, 15) is 9.18 Å². The van der Waals surface area contributed by atoms with Crippen LogP contribution in [0.15, 0.2) is 42.5 Å². The first-order valence-electron chi connectivity index (χ1n) is 6.06. The van der Waals surface area contributed by atoms with Gasteiger partial charge in [0.2, 0.25) is 0 Å².